The van der Waals surface area contributed by atoms with Crippen LogP contribution >= 0.6 is 23.2 Å². The van der Waals surface area contributed by atoms with Crippen LogP contribution in [0.4, 0.5) is 5.95 Å². The van der Waals surface area contributed by atoms with Gasteiger partial charge in [-0.05, 0) is 67.6 Å². The van der Waals surface area contributed by atoms with Crippen LogP contribution in [-0.2, 0) is 17.6 Å². The molecule has 6 nitrogen and oxygen atoms in total. The van der Waals surface area contributed by atoms with Crippen LogP contribution in [0.25, 0.3) is 11.3 Å². The van der Waals surface area contributed by atoms with E-state index in [0.29, 0.717) is 47.6 Å². The van der Waals surface area contributed by atoms with E-state index in [1.807, 2.05) is 48.2 Å². The summed E-state index contributed by atoms with van der Waals surface area (Å²) >= 11 is 12.5. The van der Waals surface area contributed by atoms with Crippen molar-refractivity contribution in [3.8, 4) is 11.3 Å². The third-order valence-corrected chi connectivity index (χ3v) is 6.39. The van der Waals surface area contributed by atoms with Crippen molar-refractivity contribution in [1.82, 2.24) is 14.9 Å². The monoisotopic (exact) mass is 484 g/mol. The number of carbonyl (C=O) groups is 1. The SMILES string of the molecule is Cc1c(Cl)cc(Cl)cc1-c1cc(CCCc2ccc(C(=O)N3CCOCC3)cc2)nc(N)n1. The van der Waals surface area contributed by atoms with Gasteiger partial charge in [0.05, 0.1) is 18.9 Å². The molecule has 2 heterocycles. The van der Waals surface area contributed by atoms with Crippen molar-refractivity contribution < 1.29 is 9.53 Å². The van der Waals surface area contributed by atoms with Crippen LogP contribution in [-0.4, -0.2) is 47.1 Å². The lowest BCUT2D eigenvalue weighted by Crippen LogP contribution is -2.40. The van der Waals surface area contributed by atoms with Crippen molar-refractivity contribution in [3.05, 3.63) is 74.9 Å². The summed E-state index contributed by atoms with van der Waals surface area (Å²) in [7, 11) is 0. The Labute approximate surface area is 203 Å². The van der Waals surface area contributed by atoms with Gasteiger partial charge in [-0.1, -0.05) is 35.3 Å². The van der Waals surface area contributed by atoms with E-state index in [9.17, 15) is 4.79 Å². The molecule has 4 rings (SSSR count). The number of aromatic nitrogens is 2. The summed E-state index contributed by atoms with van der Waals surface area (Å²) in [5.74, 6) is 0.286. The molecular formula is C25H26Cl2N4O2. The van der Waals surface area contributed by atoms with Crippen LogP contribution in [0.3, 0.4) is 0 Å². The number of carbonyl (C=O) groups excluding carboxylic acids is 1. The molecule has 0 bridgehead atoms. The number of hydrogen-bond acceptors (Lipinski definition) is 5. The van der Waals surface area contributed by atoms with Gasteiger partial charge in [-0.2, -0.15) is 0 Å². The summed E-state index contributed by atoms with van der Waals surface area (Å²) < 4.78 is 5.32. The Kier molecular flexibility index (Phi) is 7.48. The highest BCUT2D eigenvalue weighted by Gasteiger charge is 2.18. The smallest absolute Gasteiger partial charge is 0.254 e. The molecule has 1 aliphatic heterocycles. The minimum atomic E-state index is 0.0604. The van der Waals surface area contributed by atoms with Gasteiger partial charge in [0.2, 0.25) is 5.95 Å². The molecule has 0 atom stereocenters. The minimum Gasteiger partial charge on any atom is -0.378 e. The molecule has 33 heavy (non-hydrogen) atoms. The zero-order chi connectivity index (χ0) is 23.4. The van der Waals surface area contributed by atoms with Crippen LogP contribution < -0.4 is 5.73 Å². The van der Waals surface area contributed by atoms with Crippen molar-refractivity contribution in [2.75, 3.05) is 32.0 Å². The van der Waals surface area contributed by atoms with Gasteiger partial charge in [-0.3, -0.25) is 4.79 Å². The number of aryl methyl sites for hydroxylation is 2. The Morgan fingerprint density at radius 1 is 1.06 bits per heavy atom. The van der Waals surface area contributed by atoms with Gasteiger partial charge in [-0.25, -0.2) is 9.97 Å². The average molecular weight is 485 g/mol. The molecule has 0 spiro atoms. The first-order valence-corrected chi connectivity index (χ1v) is 11.7. The number of ether oxygens (including phenoxy) is 1. The quantitative estimate of drug-likeness (QED) is 0.532. The van der Waals surface area contributed by atoms with Crippen LogP contribution in [0, 0.1) is 6.92 Å². The van der Waals surface area contributed by atoms with Crippen molar-refractivity contribution in [3.63, 3.8) is 0 Å². The number of anilines is 1. The third-order valence-electron chi connectivity index (χ3n) is 5.78. The molecule has 3 aromatic rings. The predicted molar refractivity (Wildman–Crippen MR) is 132 cm³/mol. The number of halogens is 2. The number of hydrogen-bond donors (Lipinski definition) is 1. The van der Waals surface area contributed by atoms with E-state index in [-0.39, 0.29) is 11.9 Å². The molecule has 172 valence electrons. The van der Waals surface area contributed by atoms with E-state index in [4.69, 9.17) is 33.7 Å². The number of morpholine rings is 1. The Balaban J connectivity index is 1.39. The fraction of sp³-hybridized carbons (Fsp3) is 0.320. The van der Waals surface area contributed by atoms with Gasteiger partial charge >= 0.3 is 0 Å². The summed E-state index contributed by atoms with van der Waals surface area (Å²) in [5, 5.41) is 1.14. The summed E-state index contributed by atoms with van der Waals surface area (Å²) in [5.41, 5.74) is 11.2. The molecule has 0 aliphatic carbocycles. The second kappa shape index (κ2) is 10.5. The van der Waals surface area contributed by atoms with Gasteiger partial charge in [0.1, 0.15) is 0 Å². The molecule has 8 heteroatoms. The second-order valence-corrected chi connectivity index (χ2v) is 8.96. The lowest BCUT2D eigenvalue weighted by molar-refractivity contribution is 0.0303. The van der Waals surface area contributed by atoms with Crippen LogP contribution in [0.1, 0.15) is 33.6 Å². The topological polar surface area (TPSA) is 81.3 Å². The zero-order valence-corrected chi connectivity index (χ0v) is 20.0. The highest BCUT2D eigenvalue weighted by atomic mass is 35.5. The molecule has 0 radical (unpaired) electrons. The molecule has 2 aromatic carbocycles. The summed E-state index contributed by atoms with van der Waals surface area (Å²) in [6.07, 6.45) is 2.51. The predicted octanol–water partition coefficient (Wildman–Crippen LogP) is 4.99. The lowest BCUT2D eigenvalue weighted by Gasteiger charge is -2.26. The lowest BCUT2D eigenvalue weighted by atomic mass is 10.0. The van der Waals surface area contributed by atoms with E-state index in [0.717, 1.165) is 36.1 Å². The Morgan fingerprint density at radius 3 is 2.52 bits per heavy atom. The maximum atomic E-state index is 12.6. The minimum absolute atomic E-state index is 0.0604. The van der Waals surface area contributed by atoms with Crippen LogP contribution in [0.2, 0.25) is 10.0 Å². The molecule has 1 saturated heterocycles. The Morgan fingerprint density at radius 2 is 1.79 bits per heavy atom. The first-order valence-electron chi connectivity index (χ1n) is 11.0. The van der Waals surface area contributed by atoms with E-state index in [1.54, 1.807) is 6.07 Å². The fourth-order valence-corrected chi connectivity index (χ4v) is 4.43. The number of amides is 1. The standard InChI is InChI=1S/C25H26Cl2N4O2/c1-16-21(13-19(26)14-22(16)27)23-15-20(29-25(28)30-23)4-2-3-17-5-7-18(8-6-17)24(32)31-9-11-33-12-10-31/h5-8,13-15H,2-4,9-12H2,1H3,(H2,28,29,30). The van der Waals surface area contributed by atoms with E-state index in [1.165, 1.54) is 5.56 Å². The van der Waals surface area contributed by atoms with E-state index in [2.05, 4.69) is 9.97 Å². The molecule has 2 N–H and O–H groups in total. The van der Waals surface area contributed by atoms with Gasteiger partial charge in [0, 0.05) is 40.0 Å². The third kappa shape index (κ3) is 5.82. The Bertz CT molecular complexity index is 1150. The van der Waals surface area contributed by atoms with Gasteiger partial charge in [-0.15, -0.1) is 0 Å². The molecule has 0 saturated carbocycles. The summed E-state index contributed by atoms with van der Waals surface area (Å²) in [6.45, 7) is 4.42. The molecular weight excluding hydrogens is 459 g/mol. The summed E-state index contributed by atoms with van der Waals surface area (Å²) in [6, 6.07) is 13.3. The summed E-state index contributed by atoms with van der Waals surface area (Å²) in [4.78, 5) is 23.2. The molecule has 1 fully saturated rings. The normalized spacial score (nSPS) is 13.8. The number of nitrogens with two attached hydrogens (primary N) is 1. The Hall–Kier alpha value is -2.67. The first-order chi connectivity index (χ1) is 15.9. The van der Waals surface area contributed by atoms with Crippen molar-refractivity contribution in [2.24, 2.45) is 0 Å². The highest BCUT2D eigenvalue weighted by molar-refractivity contribution is 6.35. The number of rotatable bonds is 6. The van der Waals surface area contributed by atoms with Gasteiger partial charge in [0.15, 0.2) is 0 Å². The first kappa shape index (κ1) is 23.5. The number of nitrogens with zero attached hydrogens (tertiary/aromatic N) is 3. The molecule has 1 aliphatic rings. The largest absolute Gasteiger partial charge is 0.378 e. The van der Waals surface area contributed by atoms with Crippen molar-refractivity contribution in [2.45, 2.75) is 26.2 Å². The molecule has 0 unspecified atom stereocenters. The second-order valence-electron chi connectivity index (χ2n) is 8.12. The van der Waals surface area contributed by atoms with Crippen LogP contribution in [0.15, 0.2) is 42.5 Å². The van der Waals surface area contributed by atoms with Crippen molar-refractivity contribution in [1.29, 1.82) is 0 Å². The van der Waals surface area contributed by atoms with Gasteiger partial charge < -0.3 is 15.4 Å². The highest BCUT2D eigenvalue weighted by Crippen LogP contribution is 2.31. The zero-order valence-electron chi connectivity index (χ0n) is 18.5. The van der Waals surface area contributed by atoms with E-state index < -0.39 is 0 Å². The average Bonchev–Trinajstić information content (AvgIpc) is 2.81. The van der Waals surface area contributed by atoms with Crippen LogP contribution in [0.5, 0.6) is 0 Å². The van der Waals surface area contributed by atoms with E-state index >= 15 is 0 Å². The molecule has 1 aromatic heterocycles. The van der Waals surface area contributed by atoms with Crippen molar-refractivity contribution >= 4 is 35.1 Å². The number of benzene rings is 2. The maximum absolute atomic E-state index is 12.6. The van der Waals surface area contributed by atoms with Gasteiger partial charge in [0.25, 0.3) is 5.91 Å². The maximum Gasteiger partial charge on any atom is 0.254 e. The molecule has 1 amide bonds. The fourth-order valence-electron chi connectivity index (χ4n) is 3.93. The number of nitrogen functional groups attached to an aromatic ring is 1.